The van der Waals surface area contributed by atoms with Gasteiger partial charge in [-0.3, -0.25) is 0 Å². The monoisotopic (exact) mass is 257 g/mol. The van der Waals surface area contributed by atoms with Gasteiger partial charge in [-0.25, -0.2) is 15.0 Å². The summed E-state index contributed by atoms with van der Waals surface area (Å²) in [5, 5.41) is 1.58. The molecule has 6 heteroatoms. The summed E-state index contributed by atoms with van der Waals surface area (Å²) in [5.74, 6) is 0.458. The molecule has 5 nitrogen and oxygen atoms in total. The Morgan fingerprint density at radius 1 is 1.22 bits per heavy atom. The van der Waals surface area contributed by atoms with E-state index in [1.807, 2.05) is 12.1 Å². The van der Waals surface area contributed by atoms with Crippen LogP contribution >= 0.6 is 11.8 Å². The number of aromatic nitrogens is 4. The van der Waals surface area contributed by atoms with Gasteiger partial charge in [0.1, 0.15) is 17.2 Å². The second kappa shape index (κ2) is 4.30. The smallest absolute Gasteiger partial charge is 0.172 e. The standard InChI is InChI=1S/C12H11N5S/c1-7-2-3-8-9(4-7)17-12(16-8)18-11-5-10(13)14-6-15-11/h2-6H,1H3,(H,16,17)(H2,13,14,15). The zero-order valence-electron chi connectivity index (χ0n) is 9.71. The number of aryl methyl sites for hydroxylation is 1. The van der Waals surface area contributed by atoms with E-state index in [4.69, 9.17) is 5.73 Å². The van der Waals surface area contributed by atoms with E-state index in [9.17, 15) is 0 Å². The lowest BCUT2D eigenvalue weighted by molar-refractivity contribution is 1.03. The number of rotatable bonds is 2. The minimum Gasteiger partial charge on any atom is -0.384 e. The molecule has 0 aliphatic heterocycles. The molecule has 0 saturated carbocycles. The van der Waals surface area contributed by atoms with Gasteiger partial charge in [0.15, 0.2) is 5.16 Å². The second-order valence-corrected chi connectivity index (χ2v) is 4.95. The van der Waals surface area contributed by atoms with Crippen molar-refractivity contribution in [2.24, 2.45) is 0 Å². The molecular weight excluding hydrogens is 246 g/mol. The van der Waals surface area contributed by atoms with Gasteiger partial charge in [0.05, 0.1) is 11.0 Å². The van der Waals surface area contributed by atoms with E-state index in [-0.39, 0.29) is 0 Å². The fraction of sp³-hybridized carbons (Fsp3) is 0.0833. The van der Waals surface area contributed by atoms with E-state index >= 15 is 0 Å². The van der Waals surface area contributed by atoms with Gasteiger partial charge in [-0.2, -0.15) is 0 Å². The summed E-state index contributed by atoms with van der Waals surface area (Å²) in [6, 6.07) is 7.84. The Morgan fingerprint density at radius 3 is 2.94 bits per heavy atom. The predicted octanol–water partition coefficient (Wildman–Crippen LogP) is 2.39. The summed E-state index contributed by atoms with van der Waals surface area (Å²) in [7, 11) is 0. The van der Waals surface area contributed by atoms with Crippen LogP contribution in [0, 0.1) is 6.92 Å². The third-order valence-corrected chi connectivity index (χ3v) is 3.30. The Morgan fingerprint density at radius 2 is 2.11 bits per heavy atom. The number of nitrogens with two attached hydrogens (primary N) is 1. The summed E-state index contributed by atoms with van der Waals surface area (Å²) < 4.78 is 0. The van der Waals surface area contributed by atoms with E-state index in [1.165, 1.54) is 23.7 Å². The number of imidazole rings is 1. The SMILES string of the molecule is Cc1ccc2nc(Sc3cc(N)ncn3)[nH]c2c1. The van der Waals surface area contributed by atoms with Crippen molar-refractivity contribution in [3.05, 3.63) is 36.2 Å². The molecule has 0 amide bonds. The van der Waals surface area contributed by atoms with Gasteiger partial charge < -0.3 is 10.7 Å². The average molecular weight is 257 g/mol. The maximum atomic E-state index is 5.61. The molecule has 0 spiro atoms. The topological polar surface area (TPSA) is 80.5 Å². The number of fused-ring (bicyclic) bond motifs is 1. The molecule has 3 rings (SSSR count). The first-order chi connectivity index (χ1) is 8.70. The first-order valence-electron chi connectivity index (χ1n) is 5.42. The Hall–Kier alpha value is -2.08. The molecule has 0 bridgehead atoms. The zero-order valence-corrected chi connectivity index (χ0v) is 10.5. The van der Waals surface area contributed by atoms with Crippen LogP contribution in [0.1, 0.15) is 5.56 Å². The molecule has 0 fully saturated rings. The molecule has 0 unspecified atom stereocenters. The third kappa shape index (κ3) is 2.14. The average Bonchev–Trinajstić information content (AvgIpc) is 2.70. The van der Waals surface area contributed by atoms with Gasteiger partial charge >= 0.3 is 0 Å². The molecule has 90 valence electrons. The van der Waals surface area contributed by atoms with E-state index < -0.39 is 0 Å². The molecule has 0 saturated heterocycles. The van der Waals surface area contributed by atoms with Crippen LogP contribution in [-0.2, 0) is 0 Å². The van der Waals surface area contributed by atoms with Crippen LogP contribution in [0.15, 0.2) is 40.8 Å². The van der Waals surface area contributed by atoms with E-state index in [1.54, 1.807) is 6.07 Å². The number of benzene rings is 1. The predicted molar refractivity (Wildman–Crippen MR) is 71.4 cm³/mol. The fourth-order valence-corrected chi connectivity index (χ4v) is 2.44. The molecule has 0 atom stereocenters. The number of hydrogen-bond acceptors (Lipinski definition) is 5. The lowest BCUT2D eigenvalue weighted by Gasteiger charge is -1.96. The number of nitrogen functional groups attached to an aromatic ring is 1. The van der Waals surface area contributed by atoms with Gasteiger partial charge in [-0.05, 0) is 36.4 Å². The Labute approximate surface area is 108 Å². The molecule has 3 N–H and O–H groups in total. The first-order valence-corrected chi connectivity index (χ1v) is 6.24. The van der Waals surface area contributed by atoms with Crippen LogP contribution < -0.4 is 5.73 Å². The fourth-order valence-electron chi connectivity index (χ4n) is 1.66. The van der Waals surface area contributed by atoms with Crippen molar-refractivity contribution in [2.45, 2.75) is 17.1 Å². The third-order valence-electron chi connectivity index (χ3n) is 2.48. The molecule has 3 aromatic rings. The Bertz CT molecular complexity index is 707. The maximum absolute atomic E-state index is 5.61. The lowest BCUT2D eigenvalue weighted by atomic mass is 10.2. The zero-order chi connectivity index (χ0) is 12.5. The van der Waals surface area contributed by atoms with Crippen molar-refractivity contribution < 1.29 is 0 Å². The summed E-state index contributed by atoms with van der Waals surface area (Å²) in [5.41, 5.74) is 8.79. The highest BCUT2D eigenvalue weighted by atomic mass is 32.2. The van der Waals surface area contributed by atoms with Gasteiger partial charge in [0.2, 0.25) is 0 Å². The number of aromatic amines is 1. The number of hydrogen-bond donors (Lipinski definition) is 2. The highest BCUT2D eigenvalue weighted by Crippen LogP contribution is 2.26. The maximum Gasteiger partial charge on any atom is 0.172 e. The van der Waals surface area contributed by atoms with Crippen LogP contribution in [0.2, 0.25) is 0 Å². The van der Waals surface area contributed by atoms with Crippen LogP contribution in [0.5, 0.6) is 0 Å². The van der Waals surface area contributed by atoms with Gasteiger partial charge in [0, 0.05) is 6.07 Å². The van der Waals surface area contributed by atoms with Crippen LogP contribution in [0.25, 0.3) is 11.0 Å². The quantitative estimate of drug-likeness (QED) is 0.689. The van der Waals surface area contributed by atoms with E-state index in [0.29, 0.717) is 5.82 Å². The van der Waals surface area contributed by atoms with Crippen molar-refractivity contribution in [1.29, 1.82) is 0 Å². The van der Waals surface area contributed by atoms with Crippen LogP contribution in [-0.4, -0.2) is 19.9 Å². The van der Waals surface area contributed by atoms with Gasteiger partial charge in [-0.1, -0.05) is 6.07 Å². The van der Waals surface area contributed by atoms with Crippen molar-refractivity contribution in [3.63, 3.8) is 0 Å². The van der Waals surface area contributed by atoms with Crippen molar-refractivity contribution in [1.82, 2.24) is 19.9 Å². The van der Waals surface area contributed by atoms with Crippen LogP contribution in [0.4, 0.5) is 5.82 Å². The normalized spacial score (nSPS) is 10.9. The minimum atomic E-state index is 0.458. The lowest BCUT2D eigenvalue weighted by Crippen LogP contribution is -1.91. The Balaban J connectivity index is 1.95. The van der Waals surface area contributed by atoms with E-state index in [0.717, 1.165) is 21.2 Å². The molecular formula is C12H11N5S. The molecule has 2 heterocycles. The highest BCUT2D eigenvalue weighted by Gasteiger charge is 2.06. The van der Waals surface area contributed by atoms with Gasteiger partial charge in [0.25, 0.3) is 0 Å². The summed E-state index contributed by atoms with van der Waals surface area (Å²) >= 11 is 1.44. The summed E-state index contributed by atoms with van der Waals surface area (Å²) in [4.78, 5) is 15.7. The largest absolute Gasteiger partial charge is 0.384 e. The van der Waals surface area contributed by atoms with Crippen molar-refractivity contribution in [3.8, 4) is 0 Å². The number of nitrogens with zero attached hydrogens (tertiary/aromatic N) is 3. The van der Waals surface area contributed by atoms with Crippen molar-refractivity contribution >= 4 is 28.6 Å². The number of nitrogens with one attached hydrogen (secondary N) is 1. The minimum absolute atomic E-state index is 0.458. The second-order valence-electron chi connectivity index (χ2n) is 3.95. The van der Waals surface area contributed by atoms with Crippen LogP contribution in [0.3, 0.4) is 0 Å². The van der Waals surface area contributed by atoms with Crippen molar-refractivity contribution in [2.75, 3.05) is 5.73 Å². The molecule has 0 radical (unpaired) electrons. The van der Waals surface area contributed by atoms with Gasteiger partial charge in [-0.15, -0.1) is 0 Å². The molecule has 0 aliphatic rings. The first kappa shape index (κ1) is 11.0. The molecule has 2 aromatic heterocycles. The molecule has 1 aromatic carbocycles. The molecule has 0 aliphatic carbocycles. The summed E-state index contributed by atoms with van der Waals surface area (Å²) in [6.45, 7) is 2.05. The summed E-state index contributed by atoms with van der Waals surface area (Å²) in [6.07, 6.45) is 1.45. The highest BCUT2D eigenvalue weighted by molar-refractivity contribution is 7.99. The number of H-pyrrole nitrogens is 1. The van der Waals surface area contributed by atoms with E-state index in [2.05, 4.69) is 32.9 Å². The number of anilines is 1. The molecule has 18 heavy (non-hydrogen) atoms. The Kier molecular flexibility index (Phi) is 2.64.